The molecule has 1 fully saturated rings. The zero-order valence-corrected chi connectivity index (χ0v) is 20.6. The number of aromatic nitrogens is 4. The first-order valence-electron chi connectivity index (χ1n) is 11.2. The molecule has 0 spiro atoms. The van der Waals surface area contributed by atoms with E-state index >= 15 is 0 Å². The van der Waals surface area contributed by atoms with Crippen LogP contribution in [0.3, 0.4) is 0 Å². The van der Waals surface area contributed by atoms with Crippen LogP contribution >= 0.6 is 22.9 Å². The molecule has 0 bridgehead atoms. The van der Waals surface area contributed by atoms with Crippen molar-refractivity contribution < 1.29 is 4.79 Å². The lowest BCUT2D eigenvalue weighted by Gasteiger charge is -2.34. The first-order chi connectivity index (χ1) is 16.4. The van der Waals surface area contributed by atoms with Gasteiger partial charge in [-0.3, -0.25) is 18.9 Å². The van der Waals surface area contributed by atoms with Crippen molar-refractivity contribution in [1.82, 2.24) is 29.0 Å². The van der Waals surface area contributed by atoms with E-state index in [-0.39, 0.29) is 17.4 Å². The lowest BCUT2D eigenvalue weighted by Crippen LogP contribution is -2.48. The minimum atomic E-state index is -0.0611. The van der Waals surface area contributed by atoms with Gasteiger partial charge < -0.3 is 4.90 Å². The number of carbonyl (C=O) groups is 1. The molecule has 0 radical (unpaired) electrons. The molecule has 3 aromatic heterocycles. The van der Waals surface area contributed by atoms with Crippen molar-refractivity contribution in [3.8, 4) is 5.69 Å². The van der Waals surface area contributed by atoms with Crippen LogP contribution in [0.5, 0.6) is 0 Å². The highest BCUT2D eigenvalue weighted by molar-refractivity contribution is 7.15. The smallest absolute Gasteiger partial charge is 0.258 e. The Balaban J connectivity index is 1.29. The number of rotatable bonds is 5. The molecule has 1 amide bonds. The Morgan fingerprint density at radius 3 is 2.59 bits per heavy atom. The molecule has 4 aromatic rings. The van der Waals surface area contributed by atoms with Crippen molar-refractivity contribution in [2.24, 2.45) is 0 Å². The third-order valence-corrected chi connectivity index (χ3v) is 7.06. The van der Waals surface area contributed by atoms with E-state index in [0.29, 0.717) is 35.2 Å². The van der Waals surface area contributed by atoms with Crippen LogP contribution in [0.4, 0.5) is 0 Å². The van der Waals surface area contributed by atoms with Gasteiger partial charge in [0, 0.05) is 55.4 Å². The Morgan fingerprint density at radius 1 is 1.15 bits per heavy atom. The van der Waals surface area contributed by atoms with Gasteiger partial charge in [-0.2, -0.15) is 5.10 Å². The summed E-state index contributed by atoms with van der Waals surface area (Å²) in [5, 5.41) is 7.05. The van der Waals surface area contributed by atoms with Crippen molar-refractivity contribution >= 4 is 33.8 Å². The summed E-state index contributed by atoms with van der Waals surface area (Å²) in [7, 11) is 0. The van der Waals surface area contributed by atoms with Crippen LogP contribution in [0.1, 0.15) is 41.5 Å². The SMILES string of the molecule is CC(C)c1c(C(=O)N2CCN(Cc3cc(=O)n4ccsc4n3)CC2)cnn1-c1ccc(Cl)cc1. The fourth-order valence-electron chi connectivity index (χ4n) is 4.34. The molecule has 0 aliphatic carbocycles. The van der Waals surface area contributed by atoms with E-state index in [1.807, 2.05) is 39.2 Å². The maximum Gasteiger partial charge on any atom is 0.258 e. The summed E-state index contributed by atoms with van der Waals surface area (Å²) in [6.07, 6.45) is 3.41. The monoisotopic (exact) mass is 496 g/mol. The average Bonchev–Trinajstić information content (AvgIpc) is 3.47. The number of hydrogen-bond donors (Lipinski definition) is 0. The normalized spacial score (nSPS) is 14.9. The predicted octanol–water partition coefficient (Wildman–Crippen LogP) is 3.68. The molecule has 1 aromatic carbocycles. The third kappa shape index (κ3) is 4.38. The first kappa shape index (κ1) is 22.8. The Hall–Kier alpha value is -3.01. The lowest BCUT2D eigenvalue weighted by molar-refractivity contribution is 0.0625. The number of piperazine rings is 1. The van der Waals surface area contributed by atoms with E-state index in [1.165, 1.54) is 11.3 Å². The average molecular weight is 497 g/mol. The molecular weight excluding hydrogens is 472 g/mol. The largest absolute Gasteiger partial charge is 0.336 e. The van der Waals surface area contributed by atoms with Crippen molar-refractivity contribution in [2.45, 2.75) is 26.3 Å². The molecular formula is C24H25ClN6O2S. The zero-order valence-electron chi connectivity index (χ0n) is 19.0. The second-order valence-electron chi connectivity index (χ2n) is 8.70. The van der Waals surface area contributed by atoms with Crippen molar-refractivity contribution in [3.63, 3.8) is 0 Å². The van der Waals surface area contributed by atoms with Gasteiger partial charge >= 0.3 is 0 Å². The predicted molar refractivity (Wildman–Crippen MR) is 133 cm³/mol. The number of amides is 1. The minimum Gasteiger partial charge on any atom is -0.336 e. The summed E-state index contributed by atoms with van der Waals surface area (Å²) in [5.74, 6) is 0.121. The molecule has 10 heteroatoms. The fraction of sp³-hybridized carbons (Fsp3) is 0.333. The first-order valence-corrected chi connectivity index (χ1v) is 12.5. The highest BCUT2D eigenvalue weighted by atomic mass is 35.5. The van der Waals surface area contributed by atoms with Crippen molar-refractivity contribution in [3.05, 3.63) is 80.4 Å². The van der Waals surface area contributed by atoms with Crippen LogP contribution in [0.25, 0.3) is 10.6 Å². The van der Waals surface area contributed by atoms with E-state index in [2.05, 4.69) is 28.8 Å². The number of benzene rings is 1. The van der Waals surface area contributed by atoms with Gasteiger partial charge in [-0.25, -0.2) is 9.67 Å². The molecule has 0 unspecified atom stereocenters. The molecule has 8 nitrogen and oxygen atoms in total. The summed E-state index contributed by atoms with van der Waals surface area (Å²) < 4.78 is 3.39. The highest BCUT2D eigenvalue weighted by Gasteiger charge is 2.27. The summed E-state index contributed by atoms with van der Waals surface area (Å²) in [4.78, 5) is 35.1. The van der Waals surface area contributed by atoms with Gasteiger partial charge in [0.05, 0.1) is 28.8 Å². The van der Waals surface area contributed by atoms with Crippen molar-refractivity contribution in [1.29, 1.82) is 0 Å². The summed E-state index contributed by atoms with van der Waals surface area (Å²) in [6, 6.07) is 9.05. The number of carbonyl (C=O) groups excluding carboxylic acids is 1. The van der Waals surface area contributed by atoms with Gasteiger partial charge in [0.15, 0.2) is 4.96 Å². The summed E-state index contributed by atoms with van der Waals surface area (Å²) >= 11 is 7.49. The maximum absolute atomic E-state index is 13.4. The van der Waals surface area contributed by atoms with Crippen LogP contribution in [-0.2, 0) is 6.54 Å². The van der Waals surface area contributed by atoms with E-state index in [4.69, 9.17) is 11.6 Å². The third-order valence-electron chi connectivity index (χ3n) is 6.06. The van der Waals surface area contributed by atoms with Crippen LogP contribution in [0.2, 0.25) is 5.02 Å². The Bertz CT molecular complexity index is 1380. The molecule has 1 aliphatic rings. The maximum atomic E-state index is 13.4. The van der Waals surface area contributed by atoms with Gasteiger partial charge in [0.25, 0.3) is 11.5 Å². The summed E-state index contributed by atoms with van der Waals surface area (Å²) in [5.41, 5.74) is 3.11. The highest BCUT2D eigenvalue weighted by Crippen LogP contribution is 2.25. The van der Waals surface area contributed by atoms with E-state index in [9.17, 15) is 9.59 Å². The van der Waals surface area contributed by atoms with Crippen LogP contribution in [0.15, 0.2) is 52.9 Å². The Morgan fingerprint density at radius 2 is 1.88 bits per heavy atom. The molecule has 1 saturated heterocycles. The molecule has 176 valence electrons. The van der Waals surface area contributed by atoms with Gasteiger partial charge in [0.1, 0.15) is 0 Å². The van der Waals surface area contributed by atoms with E-state index < -0.39 is 0 Å². The van der Waals surface area contributed by atoms with Crippen LogP contribution < -0.4 is 5.56 Å². The summed E-state index contributed by atoms with van der Waals surface area (Å²) in [6.45, 7) is 7.40. The number of fused-ring (bicyclic) bond motifs is 1. The second-order valence-corrected chi connectivity index (χ2v) is 10.0. The van der Waals surface area contributed by atoms with E-state index in [0.717, 1.165) is 30.2 Å². The van der Waals surface area contributed by atoms with Crippen LogP contribution in [0, 0.1) is 0 Å². The van der Waals surface area contributed by atoms with Crippen molar-refractivity contribution in [2.75, 3.05) is 26.2 Å². The van der Waals surface area contributed by atoms with Crippen LogP contribution in [-0.4, -0.2) is 61.1 Å². The van der Waals surface area contributed by atoms with Gasteiger partial charge in [0.2, 0.25) is 0 Å². The topological polar surface area (TPSA) is 75.7 Å². The quantitative estimate of drug-likeness (QED) is 0.421. The molecule has 1 aliphatic heterocycles. The number of thiazole rings is 1. The lowest BCUT2D eigenvalue weighted by atomic mass is 10.0. The Kier molecular flexibility index (Phi) is 6.24. The molecule has 34 heavy (non-hydrogen) atoms. The van der Waals surface area contributed by atoms with E-state index in [1.54, 1.807) is 22.9 Å². The number of hydrogen-bond acceptors (Lipinski definition) is 6. The van der Waals surface area contributed by atoms with Gasteiger partial charge in [-0.1, -0.05) is 25.4 Å². The molecule has 0 N–H and O–H groups in total. The molecule has 0 saturated carbocycles. The van der Waals surface area contributed by atoms with Gasteiger partial charge in [-0.15, -0.1) is 11.3 Å². The Labute approximate surface area is 206 Å². The number of halogens is 1. The standard InChI is InChI=1S/C24H25ClN6O2S/c1-16(2)22-20(14-26-31(22)19-5-3-17(25)4-6-19)23(33)29-9-7-28(8-10-29)15-18-13-21(32)30-11-12-34-24(30)27-18/h3-6,11-14,16H,7-10,15H2,1-2H3. The van der Waals surface area contributed by atoms with Gasteiger partial charge in [-0.05, 0) is 30.2 Å². The minimum absolute atomic E-state index is 0.0000573. The molecule has 0 atom stereocenters. The fourth-order valence-corrected chi connectivity index (χ4v) is 5.21. The molecule has 5 rings (SSSR count). The zero-order chi connectivity index (χ0) is 23.8. The number of nitrogens with zero attached hydrogens (tertiary/aromatic N) is 6. The second kappa shape index (κ2) is 9.32. The molecule has 4 heterocycles.